The van der Waals surface area contributed by atoms with Gasteiger partial charge in [-0.1, -0.05) is 45.9 Å². The fourth-order valence-electron chi connectivity index (χ4n) is 2.55. The lowest BCUT2D eigenvalue weighted by atomic mass is 10.2. The largest absolute Gasteiger partial charge is 0.497 e. The molecule has 29 heavy (non-hydrogen) atoms. The first-order valence-electron chi connectivity index (χ1n) is 8.89. The van der Waals surface area contributed by atoms with E-state index in [1.54, 1.807) is 13.3 Å². The highest BCUT2D eigenvalue weighted by molar-refractivity contribution is 9.10. The SMILES string of the molecule is CCn1c(SCC(=O)N/N=C/c2ccccc2Br)nnc1-c1ccc(OC)cc1. The lowest BCUT2D eigenvalue weighted by molar-refractivity contribution is -0.118. The third kappa shape index (κ3) is 5.45. The number of hydrogen-bond acceptors (Lipinski definition) is 6. The van der Waals surface area contributed by atoms with Gasteiger partial charge in [0.2, 0.25) is 0 Å². The van der Waals surface area contributed by atoms with E-state index in [4.69, 9.17) is 4.74 Å². The number of carbonyl (C=O) groups is 1. The zero-order valence-corrected chi connectivity index (χ0v) is 18.4. The van der Waals surface area contributed by atoms with E-state index in [-0.39, 0.29) is 11.7 Å². The summed E-state index contributed by atoms with van der Waals surface area (Å²) in [4.78, 5) is 12.1. The Balaban J connectivity index is 1.61. The van der Waals surface area contributed by atoms with Crippen molar-refractivity contribution in [1.29, 1.82) is 0 Å². The molecule has 1 N–H and O–H groups in total. The second-order valence-electron chi connectivity index (χ2n) is 5.88. The number of methoxy groups -OCH3 is 1. The van der Waals surface area contributed by atoms with Crippen LogP contribution in [0.3, 0.4) is 0 Å². The lowest BCUT2D eigenvalue weighted by Crippen LogP contribution is -2.20. The van der Waals surface area contributed by atoms with Crippen LogP contribution in [0.15, 0.2) is 63.3 Å². The van der Waals surface area contributed by atoms with Crippen LogP contribution >= 0.6 is 27.7 Å². The van der Waals surface area contributed by atoms with Gasteiger partial charge < -0.3 is 9.30 Å². The van der Waals surface area contributed by atoms with Gasteiger partial charge in [0.15, 0.2) is 11.0 Å². The molecule has 1 aromatic heterocycles. The second kappa shape index (κ2) is 10.2. The number of rotatable bonds is 8. The molecule has 0 aliphatic rings. The van der Waals surface area contributed by atoms with E-state index >= 15 is 0 Å². The molecule has 7 nitrogen and oxygen atoms in total. The fourth-order valence-corrected chi connectivity index (χ4v) is 3.73. The normalized spacial score (nSPS) is 11.0. The maximum Gasteiger partial charge on any atom is 0.250 e. The van der Waals surface area contributed by atoms with Crippen LogP contribution < -0.4 is 10.2 Å². The van der Waals surface area contributed by atoms with Crippen molar-refractivity contribution in [2.24, 2.45) is 5.10 Å². The van der Waals surface area contributed by atoms with Gasteiger partial charge in [-0.15, -0.1) is 10.2 Å². The van der Waals surface area contributed by atoms with Crippen LogP contribution in [-0.4, -0.2) is 39.7 Å². The molecular weight excluding hydrogens is 454 g/mol. The topological polar surface area (TPSA) is 81.4 Å². The Bertz CT molecular complexity index is 1000. The number of thioether (sulfide) groups is 1. The van der Waals surface area contributed by atoms with Gasteiger partial charge in [0.25, 0.3) is 5.91 Å². The first-order chi connectivity index (χ1) is 14.1. The van der Waals surface area contributed by atoms with Crippen LogP contribution in [0, 0.1) is 0 Å². The summed E-state index contributed by atoms with van der Waals surface area (Å²) in [6.07, 6.45) is 1.60. The zero-order valence-electron chi connectivity index (χ0n) is 16.0. The lowest BCUT2D eigenvalue weighted by Gasteiger charge is -2.07. The summed E-state index contributed by atoms with van der Waals surface area (Å²) in [5, 5.41) is 13.2. The van der Waals surface area contributed by atoms with Crippen molar-refractivity contribution >= 4 is 39.8 Å². The fraction of sp³-hybridized carbons (Fsp3) is 0.200. The summed E-state index contributed by atoms with van der Waals surface area (Å²) in [5.41, 5.74) is 4.36. The molecule has 0 aliphatic carbocycles. The van der Waals surface area contributed by atoms with E-state index in [1.807, 2.05) is 60.0 Å². The van der Waals surface area contributed by atoms with Crippen molar-refractivity contribution < 1.29 is 9.53 Å². The number of hydrogen-bond donors (Lipinski definition) is 1. The van der Waals surface area contributed by atoms with Crippen molar-refractivity contribution in [2.45, 2.75) is 18.6 Å². The van der Waals surface area contributed by atoms with Gasteiger partial charge in [-0.05, 0) is 37.3 Å². The number of hydrazone groups is 1. The molecule has 0 saturated carbocycles. The highest BCUT2D eigenvalue weighted by Gasteiger charge is 2.14. The monoisotopic (exact) mass is 473 g/mol. The highest BCUT2D eigenvalue weighted by atomic mass is 79.9. The molecule has 9 heteroatoms. The standard InChI is InChI=1S/C20H20BrN5O2S/c1-3-26-19(14-8-10-16(28-2)11-9-14)24-25-20(26)29-13-18(27)23-22-12-15-6-4-5-7-17(15)21/h4-12H,3,13H2,1-2H3,(H,23,27)/b22-12+. The average molecular weight is 474 g/mol. The predicted octanol–water partition coefficient (Wildman–Crippen LogP) is 3.98. The number of carbonyl (C=O) groups excluding carboxylic acids is 1. The maximum absolute atomic E-state index is 12.1. The third-order valence-corrected chi connectivity index (χ3v) is 5.70. The summed E-state index contributed by atoms with van der Waals surface area (Å²) < 4.78 is 8.08. The Labute approximate surface area is 181 Å². The summed E-state index contributed by atoms with van der Waals surface area (Å²) in [5.74, 6) is 1.51. The van der Waals surface area contributed by atoms with Crippen LogP contribution in [0.2, 0.25) is 0 Å². The number of ether oxygens (including phenoxy) is 1. The Morgan fingerprint density at radius 1 is 1.24 bits per heavy atom. The minimum atomic E-state index is -0.213. The van der Waals surface area contributed by atoms with Gasteiger partial charge in [-0.25, -0.2) is 5.43 Å². The molecule has 0 aliphatic heterocycles. The van der Waals surface area contributed by atoms with E-state index in [1.165, 1.54) is 11.8 Å². The van der Waals surface area contributed by atoms with Crippen LogP contribution in [0.1, 0.15) is 12.5 Å². The maximum atomic E-state index is 12.1. The molecule has 1 amide bonds. The highest BCUT2D eigenvalue weighted by Crippen LogP contribution is 2.25. The van der Waals surface area contributed by atoms with Gasteiger partial charge in [0.05, 0.1) is 19.1 Å². The van der Waals surface area contributed by atoms with Gasteiger partial charge in [-0.2, -0.15) is 5.10 Å². The van der Waals surface area contributed by atoms with E-state index < -0.39 is 0 Å². The summed E-state index contributed by atoms with van der Waals surface area (Å²) in [6.45, 7) is 2.71. The van der Waals surface area contributed by atoms with E-state index in [9.17, 15) is 4.79 Å². The Hall–Kier alpha value is -2.65. The van der Waals surface area contributed by atoms with Crippen LogP contribution in [-0.2, 0) is 11.3 Å². The van der Waals surface area contributed by atoms with Crippen molar-refractivity contribution in [3.05, 3.63) is 58.6 Å². The van der Waals surface area contributed by atoms with Crippen LogP contribution in [0.4, 0.5) is 0 Å². The molecule has 0 spiro atoms. The molecule has 0 fully saturated rings. The Kier molecular flexibility index (Phi) is 7.42. The summed E-state index contributed by atoms with van der Waals surface area (Å²) >= 11 is 4.76. The van der Waals surface area contributed by atoms with E-state index in [0.29, 0.717) is 11.7 Å². The number of halogens is 1. The molecule has 0 unspecified atom stereocenters. The molecule has 1 heterocycles. The number of nitrogens with one attached hydrogen (secondary N) is 1. The molecule has 3 rings (SSSR count). The second-order valence-corrected chi connectivity index (χ2v) is 7.68. The minimum absolute atomic E-state index is 0.189. The molecule has 0 atom stereocenters. The summed E-state index contributed by atoms with van der Waals surface area (Å²) in [6, 6.07) is 15.3. The van der Waals surface area contributed by atoms with Gasteiger partial charge in [0.1, 0.15) is 5.75 Å². The van der Waals surface area contributed by atoms with E-state index in [0.717, 1.165) is 27.2 Å². The zero-order chi connectivity index (χ0) is 20.6. The molecule has 3 aromatic rings. The third-order valence-electron chi connectivity index (χ3n) is 4.01. The number of aromatic nitrogens is 3. The van der Waals surface area contributed by atoms with Crippen molar-refractivity contribution in [2.75, 3.05) is 12.9 Å². The minimum Gasteiger partial charge on any atom is -0.497 e. The molecule has 0 saturated heterocycles. The first-order valence-corrected chi connectivity index (χ1v) is 10.7. The first kappa shape index (κ1) is 21.1. The number of benzene rings is 2. The van der Waals surface area contributed by atoms with Crippen molar-refractivity contribution in [3.8, 4) is 17.1 Å². The quantitative estimate of drug-likeness (QED) is 0.304. The van der Waals surface area contributed by atoms with Crippen LogP contribution in [0.5, 0.6) is 5.75 Å². The molecule has 0 radical (unpaired) electrons. The van der Waals surface area contributed by atoms with Crippen molar-refractivity contribution in [1.82, 2.24) is 20.2 Å². The number of amides is 1. The summed E-state index contributed by atoms with van der Waals surface area (Å²) in [7, 11) is 1.63. The van der Waals surface area contributed by atoms with Crippen LogP contribution in [0.25, 0.3) is 11.4 Å². The van der Waals surface area contributed by atoms with Gasteiger partial charge in [-0.3, -0.25) is 4.79 Å². The predicted molar refractivity (Wildman–Crippen MR) is 118 cm³/mol. The van der Waals surface area contributed by atoms with Gasteiger partial charge >= 0.3 is 0 Å². The molecular formula is C20H20BrN5O2S. The molecule has 2 aromatic carbocycles. The Morgan fingerprint density at radius 2 is 2.00 bits per heavy atom. The smallest absolute Gasteiger partial charge is 0.250 e. The van der Waals surface area contributed by atoms with Gasteiger partial charge in [0, 0.05) is 22.1 Å². The Morgan fingerprint density at radius 3 is 2.69 bits per heavy atom. The molecule has 150 valence electrons. The van der Waals surface area contributed by atoms with E-state index in [2.05, 4.69) is 36.7 Å². The molecule has 0 bridgehead atoms. The average Bonchev–Trinajstić information content (AvgIpc) is 3.16. The van der Waals surface area contributed by atoms with Crippen molar-refractivity contribution in [3.63, 3.8) is 0 Å². The number of nitrogens with zero attached hydrogens (tertiary/aromatic N) is 4.